The van der Waals surface area contributed by atoms with E-state index in [9.17, 15) is 4.79 Å². The van der Waals surface area contributed by atoms with Crippen molar-refractivity contribution in [2.75, 3.05) is 20.1 Å². The highest BCUT2D eigenvalue weighted by molar-refractivity contribution is 5.88. The number of Topliss-reactive ketones (excluding diaryl/α,β-unsaturated/α-hetero) is 1. The van der Waals surface area contributed by atoms with Gasteiger partial charge < -0.3 is 0 Å². The summed E-state index contributed by atoms with van der Waals surface area (Å²) in [7, 11) is 2.01. The zero-order valence-corrected chi connectivity index (χ0v) is 10.1. The van der Waals surface area contributed by atoms with Crippen molar-refractivity contribution in [2.45, 2.75) is 25.7 Å². The number of aryl methyl sites for hydroxylation is 1. The molecule has 2 nitrogen and oxygen atoms in total. The molecule has 0 spiro atoms. The number of nitrogens with zero attached hydrogens (tertiary/aromatic N) is 1. The van der Waals surface area contributed by atoms with Gasteiger partial charge in [-0.2, -0.15) is 0 Å². The number of likely N-dealkylation sites (tertiary alicyclic amines) is 1. The van der Waals surface area contributed by atoms with Gasteiger partial charge in [0.15, 0.2) is 5.78 Å². The molecule has 2 heteroatoms. The molecule has 86 valence electrons. The van der Waals surface area contributed by atoms with Gasteiger partial charge in [0.05, 0.1) is 6.54 Å². The monoisotopic (exact) mass is 217 g/mol. The lowest BCUT2D eigenvalue weighted by Crippen LogP contribution is -2.37. The molecule has 1 heterocycles. The topological polar surface area (TPSA) is 20.3 Å². The fourth-order valence-corrected chi connectivity index (χ4v) is 2.30. The predicted octanol–water partition coefficient (Wildman–Crippen LogP) is 2.24. The van der Waals surface area contributed by atoms with Crippen molar-refractivity contribution in [1.82, 2.24) is 4.90 Å². The standard InChI is InChI=1S/C14H19NO/c1-3-11-4-6-12(7-5-11)13-8-9-15(2)10-14(13)16/h4-7,13H,3,8-10H2,1-2H3. The van der Waals surface area contributed by atoms with Crippen molar-refractivity contribution >= 4 is 5.78 Å². The van der Waals surface area contributed by atoms with Crippen LogP contribution in [-0.4, -0.2) is 30.8 Å². The Morgan fingerprint density at radius 2 is 2.00 bits per heavy atom. The molecular formula is C14H19NO. The summed E-state index contributed by atoms with van der Waals surface area (Å²) >= 11 is 0. The Bertz CT molecular complexity index is 369. The smallest absolute Gasteiger partial charge is 0.154 e. The van der Waals surface area contributed by atoms with Crippen molar-refractivity contribution in [2.24, 2.45) is 0 Å². The Balaban J connectivity index is 2.14. The summed E-state index contributed by atoms with van der Waals surface area (Å²) in [4.78, 5) is 14.0. The van der Waals surface area contributed by atoms with Gasteiger partial charge in [-0.1, -0.05) is 31.2 Å². The van der Waals surface area contributed by atoms with Gasteiger partial charge in [-0.15, -0.1) is 0 Å². The molecule has 0 amide bonds. The first-order valence-electron chi connectivity index (χ1n) is 6.00. The van der Waals surface area contributed by atoms with Gasteiger partial charge in [-0.25, -0.2) is 0 Å². The van der Waals surface area contributed by atoms with Crippen molar-refractivity contribution in [3.8, 4) is 0 Å². The van der Waals surface area contributed by atoms with Crippen LogP contribution in [0.3, 0.4) is 0 Å². The number of ketones is 1. The molecule has 16 heavy (non-hydrogen) atoms. The molecule has 0 N–H and O–H groups in total. The molecule has 0 aliphatic carbocycles. The lowest BCUT2D eigenvalue weighted by atomic mass is 9.88. The number of benzene rings is 1. The lowest BCUT2D eigenvalue weighted by molar-refractivity contribution is -0.123. The first kappa shape index (κ1) is 11.3. The van der Waals surface area contributed by atoms with Crippen LogP contribution in [-0.2, 0) is 11.2 Å². The van der Waals surface area contributed by atoms with Gasteiger partial charge in [0, 0.05) is 5.92 Å². The van der Waals surface area contributed by atoms with Gasteiger partial charge in [-0.3, -0.25) is 9.69 Å². The fourth-order valence-electron chi connectivity index (χ4n) is 2.30. The van der Waals surface area contributed by atoms with E-state index in [1.54, 1.807) is 0 Å². The lowest BCUT2D eigenvalue weighted by Gasteiger charge is -2.28. The number of hydrogen-bond donors (Lipinski definition) is 0. The summed E-state index contributed by atoms with van der Waals surface area (Å²) < 4.78 is 0. The molecule has 1 atom stereocenters. The molecule has 0 saturated carbocycles. The summed E-state index contributed by atoms with van der Waals surface area (Å²) in [5, 5.41) is 0. The third-order valence-electron chi connectivity index (χ3n) is 3.40. The van der Waals surface area contributed by atoms with Gasteiger partial charge >= 0.3 is 0 Å². The van der Waals surface area contributed by atoms with Gasteiger partial charge in [0.1, 0.15) is 0 Å². The van der Waals surface area contributed by atoms with Crippen LogP contribution >= 0.6 is 0 Å². The Labute approximate surface area is 97.3 Å². The number of likely N-dealkylation sites (N-methyl/N-ethyl adjacent to an activating group) is 1. The highest BCUT2D eigenvalue weighted by atomic mass is 16.1. The molecule has 1 aromatic carbocycles. The third-order valence-corrected chi connectivity index (χ3v) is 3.40. The molecule has 2 rings (SSSR count). The third kappa shape index (κ3) is 2.33. The molecule has 1 aromatic rings. The normalized spacial score (nSPS) is 22.4. The van der Waals surface area contributed by atoms with E-state index in [0.717, 1.165) is 19.4 Å². The van der Waals surface area contributed by atoms with E-state index in [0.29, 0.717) is 12.3 Å². The predicted molar refractivity (Wildman–Crippen MR) is 65.7 cm³/mol. The summed E-state index contributed by atoms with van der Waals surface area (Å²) in [5.74, 6) is 0.486. The average molecular weight is 217 g/mol. The van der Waals surface area contributed by atoms with Gasteiger partial charge in [0.25, 0.3) is 0 Å². The average Bonchev–Trinajstić information content (AvgIpc) is 2.29. The second-order valence-electron chi connectivity index (χ2n) is 4.64. The Morgan fingerprint density at radius 3 is 2.56 bits per heavy atom. The molecule has 1 aliphatic heterocycles. The van der Waals surface area contributed by atoms with Crippen LogP contribution in [0.4, 0.5) is 0 Å². The van der Waals surface area contributed by atoms with E-state index in [-0.39, 0.29) is 5.92 Å². The Kier molecular flexibility index (Phi) is 3.39. The molecule has 0 bridgehead atoms. The van der Waals surface area contributed by atoms with E-state index in [2.05, 4.69) is 36.1 Å². The highest BCUT2D eigenvalue weighted by Crippen LogP contribution is 2.25. The van der Waals surface area contributed by atoms with Gasteiger partial charge in [-0.05, 0) is 37.6 Å². The van der Waals surface area contributed by atoms with E-state index in [4.69, 9.17) is 0 Å². The van der Waals surface area contributed by atoms with Crippen LogP contribution in [0.2, 0.25) is 0 Å². The van der Waals surface area contributed by atoms with Crippen molar-refractivity contribution < 1.29 is 4.79 Å². The van der Waals surface area contributed by atoms with Crippen LogP contribution in [0, 0.1) is 0 Å². The van der Waals surface area contributed by atoms with Crippen LogP contribution < -0.4 is 0 Å². The minimum Gasteiger partial charge on any atom is -0.299 e. The van der Waals surface area contributed by atoms with E-state index in [1.807, 2.05) is 7.05 Å². The molecule has 1 fully saturated rings. The zero-order chi connectivity index (χ0) is 11.5. The maximum atomic E-state index is 11.9. The van der Waals surface area contributed by atoms with Crippen LogP contribution in [0.5, 0.6) is 0 Å². The van der Waals surface area contributed by atoms with Crippen molar-refractivity contribution in [3.05, 3.63) is 35.4 Å². The zero-order valence-electron chi connectivity index (χ0n) is 10.1. The molecular weight excluding hydrogens is 198 g/mol. The number of carbonyl (C=O) groups is 1. The highest BCUT2D eigenvalue weighted by Gasteiger charge is 2.26. The minimum atomic E-state index is 0.127. The molecule has 0 radical (unpaired) electrons. The molecule has 1 saturated heterocycles. The number of carbonyl (C=O) groups excluding carboxylic acids is 1. The molecule has 1 unspecified atom stereocenters. The first-order valence-corrected chi connectivity index (χ1v) is 6.00. The van der Waals surface area contributed by atoms with Crippen molar-refractivity contribution in [1.29, 1.82) is 0 Å². The molecule has 0 aromatic heterocycles. The first-order chi connectivity index (χ1) is 7.70. The number of rotatable bonds is 2. The molecule has 1 aliphatic rings. The van der Waals surface area contributed by atoms with Gasteiger partial charge in [0.2, 0.25) is 0 Å². The summed E-state index contributed by atoms with van der Waals surface area (Å²) in [6.07, 6.45) is 2.02. The second-order valence-corrected chi connectivity index (χ2v) is 4.64. The van der Waals surface area contributed by atoms with Crippen LogP contribution in [0.25, 0.3) is 0 Å². The van der Waals surface area contributed by atoms with Crippen LogP contribution in [0.15, 0.2) is 24.3 Å². The number of hydrogen-bond acceptors (Lipinski definition) is 2. The summed E-state index contributed by atoms with van der Waals surface area (Å²) in [6.45, 7) is 3.77. The SMILES string of the molecule is CCc1ccc(C2CCN(C)CC2=O)cc1. The maximum absolute atomic E-state index is 11.9. The Hall–Kier alpha value is -1.15. The minimum absolute atomic E-state index is 0.127. The summed E-state index contributed by atoms with van der Waals surface area (Å²) in [5.41, 5.74) is 2.53. The largest absolute Gasteiger partial charge is 0.299 e. The second kappa shape index (κ2) is 4.79. The van der Waals surface area contributed by atoms with E-state index >= 15 is 0 Å². The maximum Gasteiger partial charge on any atom is 0.154 e. The Morgan fingerprint density at radius 1 is 1.31 bits per heavy atom. The summed E-state index contributed by atoms with van der Waals surface area (Å²) in [6, 6.07) is 8.52. The van der Waals surface area contributed by atoms with Crippen molar-refractivity contribution in [3.63, 3.8) is 0 Å². The van der Waals surface area contributed by atoms with E-state index in [1.165, 1.54) is 11.1 Å². The quantitative estimate of drug-likeness (QED) is 0.757. The van der Waals surface area contributed by atoms with Crippen LogP contribution in [0.1, 0.15) is 30.4 Å². The number of piperidine rings is 1. The van der Waals surface area contributed by atoms with E-state index < -0.39 is 0 Å². The fraction of sp³-hybridized carbons (Fsp3) is 0.500.